The summed E-state index contributed by atoms with van der Waals surface area (Å²) in [5.41, 5.74) is 1.11. The van der Waals surface area contributed by atoms with Gasteiger partial charge >= 0.3 is 0 Å². The van der Waals surface area contributed by atoms with E-state index in [1.165, 1.54) is 0 Å². The SMILES string of the molecule is Cl.O=C(CC1CNCCO1)NCc1ccccc1. The monoisotopic (exact) mass is 270 g/mol. The van der Waals surface area contributed by atoms with E-state index in [0.717, 1.165) is 18.7 Å². The Morgan fingerprint density at radius 1 is 1.39 bits per heavy atom. The normalized spacial score (nSPS) is 18.8. The zero-order valence-electron chi connectivity index (χ0n) is 10.2. The molecule has 1 saturated heterocycles. The third-order valence-corrected chi connectivity index (χ3v) is 2.75. The van der Waals surface area contributed by atoms with Gasteiger partial charge in [0.15, 0.2) is 0 Å². The summed E-state index contributed by atoms with van der Waals surface area (Å²) in [6, 6.07) is 9.90. The molecular formula is C13H19ClN2O2. The number of morpholine rings is 1. The van der Waals surface area contributed by atoms with E-state index in [4.69, 9.17) is 4.74 Å². The molecule has 1 atom stereocenters. The summed E-state index contributed by atoms with van der Waals surface area (Å²) in [7, 11) is 0. The fourth-order valence-corrected chi connectivity index (χ4v) is 1.83. The van der Waals surface area contributed by atoms with Crippen LogP contribution in [0, 0.1) is 0 Å². The molecule has 0 saturated carbocycles. The predicted molar refractivity (Wildman–Crippen MR) is 72.8 cm³/mol. The molecule has 2 rings (SSSR count). The lowest BCUT2D eigenvalue weighted by molar-refractivity contribution is -0.124. The minimum Gasteiger partial charge on any atom is -0.375 e. The van der Waals surface area contributed by atoms with Crippen LogP contribution < -0.4 is 10.6 Å². The molecule has 1 unspecified atom stereocenters. The summed E-state index contributed by atoms with van der Waals surface area (Å²) < 4.78 is 5.48. The quantitative estimate of drug-likeness (QED) is 0.862. The van der Waals surface area contributed by atoms with Crippen molar-refractivity contribution in [3.8, 4) is 0 Å². The van der Waals surface area contributed by atoms with Crippen LogP contribution in [0.5, 0.6) is 0 Å². The topological polar surface area (TPSA) is 50.4 Å². The lowest BCUT2D eigenvalue weighted by atomic mass is 10.2. The maximum absolute atomic E-state index is 11.7. The molecule has 0 bridgehead atoms. The van der Waals surface area contributed by atoms with Gasteiger partial charge in [-0.3, -0.25) is 4.79 Å². The van der Waals surface area contributed by atoms with Crippen LogP contribution in [0.2, 0.25) is 0 Å². The number of halogens is 1. The number of amides is 1. The largest absolute Gasteiger partial charge is 0.375 e. The standard InChI is InChI=1S/C13H18N2O2.ClH/c16-13(8-12-10-14-6-7-17-12)15-9-11-4-2-1-3-5-11;/h1-5,12,14H,6-10H2,(H,15,16);1H. The molecule has 1 amide bonds. The summed E-state index contributed by atoms with van der Waals surface area (Å²) >= 11 is 0. The minimum absolute atomic E-state index is 0. The summed E-state index contributed by atoms with van der Waals surface area (Å²) in [5.74, 6) is 0.0440. The van der Waals surface area contributed by atoms with Gasteiger partial charge in [-0.05, 0) is 5.56 Å². The fourth-order valence-electron chi connectivity index (χ4n) is 1.83. The van der Waals surface area contributed by atoms with Crippen LogP contribution in [-0.2, 0) is 16.1 Å². The van der Waals surface area contributed by atoms with E-state index in [1.54, 1.807) is 0 Å². The highest BCUT2D eigenvalue weighted by Crippen LogP contribution is 2.02. The number of carbonyl (C=O) groups is 1. The van der Waals surface area contributed by atoms with Crippen LogP contribution in [0.3, 0.4) is 0 Å². The number of ether oxygens (including phenoxy) is 1. The highest BCUT2D eigenvalue weighted by atomic mass is 35.5. The average Bonchev–Trinajstić information content (AvgIpc) is 2.39. The van der Waals surface area contributed by atoms with E-state index in [-0.39, 0.29) is 24.4 Å². The molecule has 0 radical (unpaired) electrons. The summed E-state index contributed by atoms with van der Waals surface area (Å²) in [6.07, 6.45) is 0.444. The Kier molecular flexibility index (Phi) is 6.72. The molecule has 0 aromatic heterocycles. The van der Waals surface area contributed by atoms with Crippen LogP contribution in [0.1, 0.15) is 12.0 Å². The van der Waals surface area contributed by atoms with Gasteiger partial charge in [0.2, 0.25) is 5.91 Å². The lowest BCUT2D eigenvalue weighted by Gasteiger charge is -2.23. The number of rotatable bonds is 4. The van der Waals surface area contributed by atoms with Gasteiger partial charge in [-0.15, -0.1) is 12.4 Å². The van der Waals surface area contributed by atoms with Gasteiger partial charge in [-0.2, -0.15) is 0 Å². The third-order valence-electron chi connectivity index (χ3n) is 2.75. The molecule has 1 aromatic carbocycles. The van der Waals surface area contributed by atoms with Crippen molar-refractivity contribution in [3.05, 3.63) is 35.9 Å². The first-order valence-electron chi connectivity index (χ1n) is 5.97. The Morgan fingerprint density at radius 3 is 2.83 bits per heavy atom. The van der Waals surface area contributed by atoms with Gasteiger partial charge in [0.1, 0.15) is 0 Å². The van der Waals surface area contributed by atoms with Crippen molar-refractivity contribution < 1.29 is 9.53 Å². The molecule has 2 N–H and O–H groups in total. The minimum atomic E-state index is 0. The number of hydrogen-bond donors (Lipinski definition) is 2. The molecule has 1 aromatic rings. The van der Waals surface area contributed by atoms with Crippen molar-refractivity contribution in [2.45, 2.75) is 19.1 Å². The predicted octanol–water partition coefficient (Wildman–Crippen LogP) is 1.10. The Labute approximate surface area is 114 Å². The molecule has 0 aliphatic carbocycles. The Hall–Kier alpha value is -1.10. The Morgan fingerprint density at radius 2 is 2.17 bits per heavy atom. The molecule has 18 heavy (non-hydrogen) atoms. The second kappa shape index (κ2) is 8.08. The number of hydrogen-bond acceptors (Lipinski definition) is 3. The van der Waals surface area contributed by atoms with E-state index in [0.29, 0.717) is 19.6 Å². The van der Waals surface area contributed by atoms with E-state index < -0.39 is 0 Å². The van der Waals surface area contributed by atoms with Crippen LogP contribution in [-0.4, -0.2) is 31.7 Å². The van der Waals surface area contributed by atoms with Crippen molar-refractivity contribution >= 4 is 18.3 Å². The fraction of sp³-hybridized carbons (Fsp3) is 0.462. The zero-order valence-corrected chi connectivity index (χ0v) is 11.0. The van der Waals surface area contributed by atoms with Gasteiger partial charge in [0.05, 0.1) is 19.1 Å². The van der Waals surface area contributed by atoms with E-state index in [1.807, 2.05) is 30.3 Å². The van der Waals surface area contributed by atoms with Crippen LogP contribution in [0.4, 0.5) is 0 Å². The van der Waals surface area contributed by atoms with Crippen LogP contribution in [0.25, 0.3) is 0 Å². The van der Waals surface area contributed by atoms with Gasteiger partial charge in [0.25, 0.3) is 0 Å². The molecule has 1 aliphatic rings. The smallest absolute Gasteiger partial charge is 0.222 e. The number of nitrogens with one attached hydrogen (secondary N) is 2. The molecule has 1 aliphatic heterocycles. The van der Waals surface area contributed by atoms with E-state index >= 15 is 0 Å². The summed E-state index contributed by atoms with van der Waals surface area (Å²) in [6.45, 7) is 2.91. The van der Waals surface area contributed by atoms with Crippen molar-refractivity contribution in [2.75, 3.05) is 19.7 Å². The molecule has 1 fully saturated rings. The summed E-state index contributed by atoms with van der Waals surface area (Å²) in [5, 5.41) is 6.11. The first kappa shape index (κ1) is 15.0. The highest BCUT2D eigenvalue weighted by Gasteiger charge is 2.16. The number of benzene rings is 1. The van der Waals surface area contributed by atoms with Crippen molar-refractivity contribution in [1.82, 2.24) is 10.6 Å². The van der Waals surface area contributed by atoms with Gasteiger partial charge < -0.3 is 15.4 Å². The molecular weight excluding hydrogens is 252 g/mol. The maximum Gasteiger partial charge on any atom is 0.222 e. The second-order valence-electron chi connectivity index (χ2n) is 4.16. The second-order valence-corrected chi connectivity index (χ2v) is 4.16. The molecule has 5 heteroatoms. The average molecular weight is 271 g/mol. The van der Waals surface area contributed by atoms with Gasteiger partial charge in [-0.25, -0.2) is 0 Å². The van der Waals surface area contributed by atoms with Gasteiger partial charge in [0, 0.05) is 19.6 Å². The lowest BCUT2D eigenvalue weighted by Crippen LogP contribution is -2.41. The molecule has 4 nitrogen and oxygen atoms in total. The molecule has 1 heterocycles. The zero-order chi connectivity index (χ0) is 11.9. The molecule has 0 spiro atoms. The highest BCUT2D eigenvalue weighted by molar-refractivity contribution is 5.85. The molecule has 100 valence electrons. The third kappa shape index (κ3) is 5.04. The summed E-state index contributed by atoms with van der Waals surface area (Å²) in [4.78, 5) is 11.7. The van der Waals surface area contributed by atoms with Crippen molar-refractivity contribution in [1.29, 1.82) is 0 Å². The maximum atomic E-state index is 11.7. The first-order valence-corrected chi connectivity index (χ1v) is 5.97. The van der Waals surface area contributed by atoms with Gasteiger partial charge in [-0.1, -0.05) is 30.3 Å². The van der Waals surface area contributed by atoms with Crippen molar-refractivity contribution in [2.24, 2.45) is 0 Å². The van der Waals surface area contributed by atoms with Crippen molar-refractivity contribution in [3.63, 3.8) is 0 Å². The van der Waals surface area contributed by atoms with Crippen LogP contribution >= 0.6 is 12.4 Å². The van der Waals surface area contributed by atoms with E-state index in [9.17, 15) is 4.79 Å². The number of carbonyl (C=O) groups excluding carboxylic acids is 1. The Balaban J connectivity index is 0.00000162. The van der Waals surface area contributed by atoms with E-state index in [2.05, 4.69) is 10.6 Å². The first-order chi connectivity index (χ1) is 8.34. The van der Waals surface area contributed by atoms with Crippen LogP contribution in [0.15, 0.2) is 30.3 Å². The Bertz CT molecular complexity index is 353.